The van der Waals surface area contributed by atoms with Crippen molar-refractivity contribution in [2.45, 2.75) is 23.9 Å². The Morgan fingerprint density at radius 3 is 2.94 bits per heavy atom. The molecule has 0 saturated carbocycles. The quantitative estimate of drug-likeness (QED) is 0.814. The number of likely N-dealkylation sites (N-methyl/N-ethyl adjacent to an activating group) is 1. The minimum atomic E-state index is -3.49. The molecule has 0 aromatic carbocycles. The van der Waals surface area contributed by atoms with Crippen LogP contribution < -0.4 is 5.32 Å². The summed E-state index contributed by atoms with van der Waals surface area (Å²) in [5, 5.41) is 3.14. The van der Waals surface area contributed by atoms with E-state index in [0.717, 1.165) is 12.8 Å². The summed E-state index contributed by atoms with van der Waals surface area (Å²) < 4.78 is 26.0. The summed E-state index contributed by atoms with van der Waals surface area (Å²) >= 11 is 0. The molecular formula is C10H16N4O2S. The number of piperidine rings is 1. The van der Waals surface area contributed by atoms with Crippen molar-refractivity contribution < 1.29 is 8.42 Å². The number of nitrogens with zero attached hydrogens (tertiary/aromatic N) is 3. The van der Waals surface area contributed by atoms with Gasteiger partial charge in [0, 0.05) is 31.5 Å². The Hall–Kier alpha value is -1.05. The van der Waals surface area contributed by atoms with Crippen LogP contribution in [0.5, 0.6) is 0 Å². The van der Waals surface area contributed by atoms with Gasteiger partial charge in [-0.3, -0.25) is 4.98 Å². The van der Waals surface area contributed by atoms with Crippen molar-refractivity contribution in [1.29, 1.82) is 0 Å². The van der Waals surface area contributed by atoms with E-state index in [1.807, 2.05) is 7.05 Å². The predicted molar refractivity (Wildman–Crippen MR) is 62.9 cm³/mol. The molecule has 0 radical (unpaired) electrons. The largest absolute Gasteiger partial charge is 0.316 e. The molecule has 7 heteroatoms. The van der Waals surface area contributed by atoms with Crippen LogP contribution in [-0.4, -0.2) is 48.9 Å². The summed E-state index contributed by atoms with van der Waals surface area (Å²) in [5.74, 6) is 0. The maximum absolute atomic E-state index is 12.2. The highest BCUT2D eigenvalue weighted by atomic mass is 32.2. The second-order valence-corrected chi connectivity index (χ2v) is 5.92. The third-order valence-electron chi connectivity index (χ3n) is 2.94. The van der Waals surface area contributed by atoms with Gasteiger partial charge in [-0.25, -0.2) is 13.4 Å². The molecule has 6 nitrogen and oxygen atoms in total. The van der Waals surface area contributed by atoms with E-state index in [2.05, 4.69) is 15.3 Å². The molecule has 1 atom stereocenters. The van der Waals surface area contributed by atoms with E-state index in [0.29, 0.717) is 13.1 Å². The van der Waals surface area contributed by atoms with E-state index < -0.39 is 10.0 Å². The molecule has 0 aliphatic carbocycles. The molecule has 1 fully saturated rings. The fourth-order valence-electron chi connectivity index (χ4n) is 1.95. The van der Waals surface area contributed by atoms with E-state index in [4.69, 9.17) is 0 Å². The summed E-state index contributed by atoms with van der Waals surface area (Å²) in [6.07, 6.45) is 6.02. The van der Waals surface area contributed by atoms with Crippen LogP contribution >= 0.6 is 0 Å². The minimum absolute atomic E-state index is 0.0248. The number of rotatable bonds is 3. The third-order valence-corrected chi connectivity index (χ3v) is 4.69. The Kier molecular flexibility index (Phi) is 3.70. The minimum Gasteiger partial charge on any atom is -0.316 e. The topological polar surface area (TPSA) is 75.2 Å². The maximum atomic E-state index is 12.2. The Labute approximate surface area is 101 Å². The van der Waals surface area contributed by atoms with E-state index >= 15 is 0 Å². The molecule has 0 bridgehead atoms. The maximum Gasteiger partial charge on any atom is 0.262 e. The standard InChI is InChI=1S/C10H16N4O2S/c1-11-9-3-2-6-14(8-9)17(15,16)10-7-12-4-5-13-10/h4-5,7,9,11H,2-3,6,8H2,1H3/t9-/m1/s1. The van der Waals surface area contributed by atoms with Crippen molar-refractivity contribution in [2.24, 2.45) is 0 Å². The molecule has 2 heterocycles. The zero-order chi connectivity index (χ0) is 12.3. The summed E-state index contributed by atoms with van der Waals surface area (Å²) in [6, 6.07) is 0.218. The second-order valence-electron chi connectivity index (χ2n) is 4.03. The van der Waals surface area contributed by atoms with Gasteiger partial charge in [0.15, 0.2) is 5.03 Å². The lowest BCUT2D eigenvalue weighted by molar-refractivity contribution is 0.292. The third kappa shape index (κ3) is 2.62. The molecule has 1 aromatic heterocycles. The molecule has 1 aliphatic heterocycles. The summed E-state index contributed by atoms with van der Waals surface area (Å²) in [4.78, 5) is 7.66. The SMILES string of the molecule is CN[C@@H]1CCCN(S(=O)(=O)c2cnccn2)C1. The molecule has 0 amide bonds. The lowest BCUT2D eigenvalue weighted by Gasteiger charge is -2.31. The highest BCUT2D eigenvalue weighted by Gasteiger charge is 2.30. The normalized spacial score (nSPS) is 22.5. The van der Waals surface area contributed by atoms with Crippen molar-refractivity contribution >= 4 is 10.0 Å². The van der Waals surface area contributed by atoms with Gasteiger partial charge in [-0.05, 0) is 19.9 Å². The fourth-order valence-corrected chi connectivity index (χ4v) is 3.35. The van der Waals surface area contributed by atoms with E-state index in [1.54, 1.807) is 0 Å². The van der Waals surface area contributed by atoms with E-state index in [1.165, 1.54) is 22.9 Å². The van der Waals surface area contributed by atoms with Gasteiger partial charge in [0.25, 0.3) is 10.0 Å². The summed E-state index contributed by atoms with van der Waals surface area (Å²) in [7, 11) is -1.64. The first-order valence-corrected chi connectivity index (χ1v) is 7.02. The van der Waals surface area contributed by atoms with Crippen LogP contribution in [0.25, 0.3) is 0 Å². The van der Waals surface area contributed by atoms with Gasteiger partial charge in [0.1, 0.15) is 0 Å². The molecule has 1 N–H and O–H groups in total. The summed E-state index contributed by atoms with van der Waals surface area (Å²) in [6.45, 7) is 1.05. The molecule has 1 aliphatic rings. The van der Waals surface area contributed by atoms with Crippen LogP contribution in [0, 0.1) is 0 Å². The molecule has 2 rings (SSSR count). The Morgan fingerprint density at radius 2 is 2.29 bits per heavy atom. The summed E-state index contributed by atoms with van der Waals surface area (Å²) in [5.41, 5.74) is 0. The van der Waals surface area contributed by atoms with Crippen molar-refractivity contribution in [3.8, 4) is 0 Å². The zero-order valence-corrected chi connectivity index (χ0v) is 10.5. The monoisotopic (exact) mass is 256 g/mol. The second kappa shape index (κ2) is 5.07. The van der Waals surface area contributed by atoms with Gasteiger partial charge in [-0.15, -0.1) is 0 Å². The molecule has 94 valence electrons. The zero-order valence-electron chi connectivity index (χ0n) is 9.70. The predicted octanol–water partition coefficient (Wildman–Crippen LogP) is -0.151. The van der Waals surface area contributed by atoms with Crippen molar-refractivity contribution in [3.05, 3.63) is 18.6 Å². The number of hydrogen-bond donors (Lipinski definition) is 1. The van der Waals surface area contributed by atoms with Crippen molar-refractivity contribution in [2.75, 3.05) is 20.1 Å². The number of nitrogens with one attached hydrogen (secondary N) is 1. The molecular weight excluding hydrogens is 240 g/mol. The van der Waals surface area contributed by atoms with Gasteiger partial charge >= 0.3 is 0 Å². The molecule has 1 saturated heterocycles. The van der Waals surface area contributed by atoms with Crippen molar-refractivity contribution in [3.63, 3.8) is 0 Å². The van der Waals surface area contributed by atoms with Crippen LogP contribution in [0.4, 0.5) is 0 Å². The van der Waals surface area contributed by atoms with Crippen LogP contribution in [0.3, 0.4) is 0 Å². The first-order chi connectivity index (χ1) is 8.14. The van der Waals surface area contributed by atoms with E-state index in [9.17, 15) is 8.42 Å². The first kappa shape index (κ1) is 12.4. The lowest BCUT2D eigenvalue weighted by Crippen LogP contribution is -2.47. The fraction of sp³-hybridized carbons (Fsp3) is 0.600. The molecule has 1 aromatic rings. The van der Waals surface area contributed by atoms with Crippen molar-refractivity contribution in [1.82, 2.24) is 19.6 Å². The van der Waals surface area contributed by atoms with Crippen LogP contribution in [-0.2, 0) is 10.0 Å². The molecule has 0 unspecified atom stereocenters. The highest BCUT2D eigenvalue weighted by molar-refractivity contribution is 7.89. The number of hydrogen-bond acceptors (Lipinski definition) is 5. The molecule has 0 spiro atoms. The average molecular weight is 256 g/mol. The lowest BCUT2D eigenvalue weighted by atomic mass is 10.1. The molecule has 17 heavy (non-hydrogen) atoms. The first-order valence-electron chi connectivity index (χ1n) is 5.58. The highest BCUT2D eigenvalue weighted by Crippen LogP contribution is 2.18. The number of aromatic nitrogens is 2. The van der Waals surface area contributed by atoms with E-state index in [-0.39, 0.29) is 11.1 Å². The van der Waals surface area contributed by atoms with Crippen LogP contribution in [0.15, 0.2) is 23.6 Å². The van der Waals surface area contributed by atoms with Gasteiger partial charge in [0.2, 0.25) is 0 Å². The smallest absolute Gasteiger partial charge is 0.262 e. The van der Waals surface area contributed by atoms with Crippen LogP contribution in [0.2, 0.25) is 0 Å². The Balaban J connectivity index is 2.21. The number of sulfonamides is 1. The van der Waals surface area contributed by atoms with Gasteiger partial charge in [-0.1, -0.05) is 0 Å². The van der Waals surface area contributed by atoms with Gasteiger partial charge in [-0.2, -0.15) is 4.31 Å². The van der Waals surface area contributed by atoms with Gasteiger partial charge in [0.05, 0.1) is 6.20 Å². The Morgan fingerprint density at radius 1 is 1.47 bits per heavy atom. The van der Waals surface area contributed by atoms with Gasteiger partial charge < -0.3 is 5.32 Å². The van der Waals surface area contributed by atoms with Crippen LogP contribution in [0.1, 0.15) is 12.8 Å². The average Bonchev–Trinajstić information content (AvgIpc) is 2.40. The Bertz CT molecular complexity index is 462.